The highest BCUT2D eigenvalue weighted by atomic mass is 16.1. The molecular weight excluding hydrogens is 236 g/mol. The molecule has 98 valence electrons. The third-order valence-electron chi connectivity index (χ3n) is 3.01. The second-order valence-corrected chi connectivity index (χ2v) is 4.50. The van der Waals surface area contributed by atoms with Crippen LogP contribution in [0.5, 0.6) is 0 Å². The Kier molecular flexibility index (Phi) is 4.70. The fourth-order valence-electron chi connectivity index (χ4n) is 2.07. The maximum absolute atomic E-state index is 10.9. The Labute approximate surface area is 113 Å². The number of hydrogen-bond donors (Lipinski definition) is 2. The van der Waals surface area contributed by atoms with Crippen LogP contribution in [0.1, 0.15) is 17.2 Å². The Hall–Kier alpha value is -2.13. The number of hydrogen-bond acceptors (Lipinski definition) is 2. The molecular formula is C16H18N2O. The molecule has 1 atom stereocenters. The zero-order valence-electron chi connectivity index (χ0n) is 10.8. The van der Waals surface area contributed by atoms with Gasteiger partial charge in [0.2, 0.25) is 5.91 Å². The molecule has 2 rings (SSSR count). The molecule has 0 heterocycles. The Balaban J connectivity index is 2.12. The van der Waals surface area contributed by atoms with Crippen molar-refractivity contribution < 1.29 is 4.79 Å². The molecule has 0 saturated heterocycles. The van der Waals surface area contributed by atoms with Crippen molar-refractivity contribution >= 4 is 5.91 Å². The van der Waals surface area contributed by atoms with Crippen molar-refractivity contribution in [3.8, 4) is 0 Å². The minimum absolute atomic E-state index is 0.0936. The smallest absolute Gasteiger partial charge is 0.231 e. The van der Waals surface area contributed by atoms with Gasteiger partial charge in [0, 0.05) is 6.04 Å². The molecule has 19 heavy (non-hydrogen) atoms. The SMILES string of the molecule is NC(=O)CN[C@H](Cc1ccccc1)c1ccccc1. The predicted molar refractivity (Wildman–Crippen MR) is 76.5 cm³/mol. The van der Waals surface area contributed by atoms with Crippen molar-refractivity contribution in [2.75, 3.05) is 6.54 Å². The molecule has 0 aliphatic heterocycles. The van der Waals surface area contributed by atoms with E-state index in [4.69, 9.17) is 5.73 Å². The lowest BCUT2D eigenvalue weighted by atomic mass is 9.99. The van der Waals surface area contributed by atoms with Gasteiger partial charge in [-0.2, -0.15) is 0 Å². The number of carbonyl (C=O) groups excluding carboxylic acids is 1. The molecule has 0 fully saturated rings. The van der Waals surface area contributed by atoms with Gasteiger partial charge in [0.15, 0.2) is 0 Å². The van der Waals surface area contributed by atoms with Crippen LogP contribution in [-0.4, -0.2) is 12.5 Å². The van der Waals surface area contributed by atoms with Crippen LogP contribution in [0.15, 0.2) is 60.7 Å². The predicted octanol–water partition coefficient (Wildman–Crippen LogP) is 2.05. The Morgan fingerprint density at radius 1 is 1.00 bits per heavy atom. The molecule has 2 aromatic rings. The van der Waals surface area contributed by atoms with Gasteiger partial charge in [0.25, 0.3) is 0 Å². The van der Waals surface area contributed by atoms with Crippen molar-refractivity contribution in [3.05, 3.63) is 71.8 Å². The van der Waals surface area contributed by atoms with Crippen molar-refractivity contribution in [2.24, 2.45) is 5.73 Å². The quantitative estimate of drug-likeness (QED) is 0.829. The highest BCUT2D eigenvalue weighted by Crippen LogP contribution is 2.17. The summed E-state index contributed by atoms with van der Waals surface area (Å²) in [4.78, 5) is 10.9. The van der Waals surface area contributed by atoms with Crippen molar-refractivity contribution in [1.29, 1.82) is 0 Å². The minimum Gasteiger partial charge on any atom is -0.369 e. The lowest BCUT2D eigenvalue weighted by Gasteiger charge is -2.18. The highest BCUT2D eigenvalue weighted by Gasteiger charge is 2.12. The van der Waals surface area contributed by atoms with Crippen LogP contribution in [0, 0.1) is 0 Å². The zero-order valence-corrected chi connectivity index (χ0v) is 10.8. The lowest BCUT2D eigenvalue weighted by molar-refractivity contribution is -0.117. The number of amides is 1. The summed E-state index contributed by atoms with van der Waals surface area (Å²) in [5.41, 5.74) is 7.60. The van der Waals surface area contributed by atoms with Crippen molar-refractivity contribution in [3.63, 3.8) is 0 Å². The van der Waals surface area contributed by atoms with E-state index in [1.165, 1.54) is 5.56 Å². The molecule has 1 amide bonds. The largest absolute Gasteiger partial charge is 0.369 e. The van der Waals surface area contributed by atoms with Gasteiger partial charge in [-0.3, -0.25) is 4.79 Å². The van der Waals surface area contributed by atoms with Crippen molar-refractivity contribution in [1.82, 2.24) is 5.32 Å². The summed E-state index contributed by atoms with van der Waals surface area (Å²) in [7, 11) is 0. The maximum Gasteiger partial charge on any atom is 0.231 e. The van der Waals surface area contributed by atoms with Gasteiger partial charge in [-0.1, -0.05) is 60.7 Å². The van der Waals surface area contributed by atoms with Gasteiger partial charge in [-0.25, -0.2) is 0 Å². The summed E-state index contributed by atoms with van der Waals surface area (Å²) in [6, 6.07) is 20.4. The minimum atomic E-state index is -0.339. The number of benzene rings is 2. The van der Waals surface area contributed by atoms with E-state index in [9.17, 15) is 4.79 Å². The first kappa shape index (κ1) is 13.3. The first-order chi connectivity index (χ1) is 9.25. The second kappa shape index (κ2) is 6.71. The van der Waals surface area contributed by atoms with Crippen LogP contribution in [0.25, 0.3) is 0 Å². The van der Waals surface area contributed by atoms with Gasteiger partial charge < -0.3 is 11.1 Å². The molecule has 0 saturated carbocycles. The van der Waals surface area contributed by atoms with Crippen LogP contribution in [0.4, 0.5) is 0 Å². The van der Waals surface area contributed by atoms with E-state index >= 15 is 0 Å². The van der Waals surface area contributed by atoms with Crippen molar-refractivity contribution in [2.45, 2.75) is 12.5 Å². The van der Waals surface area contributed by atoms with Gasteiger partial charge in [0.05, 0.1) is 6.54 Å². The average Bonchev–Trinajstić information content (AvgIpc) is 2.45. The topological polar surface area (TPSA) is 55.1 Å². The van der Waals surface area contributed by atoms with Crippen LogP contribution >= 0.6 is 0 Å². The van der Waals surface area contributed by atoms with Crippen LogP contribution in [0.2, 0.25) is 0 Å². The van der Waals surface area contributed by atoms with Gasteiger partial charge in [0.1, 0.15) is 0 Å². The molecule has 0 aliphatic carbocycles. The average molecular weight is 254 g/mol. The molecule has 2 aromatic carbocycles. The third kappa shape index (κ3) is 4.23. The first-order valence-corrected chi connectivity index (χ1v) is 6.36. The normalized spacial score (nSPS) is 12.0. The summed E-state index contributed by atoms with van der Waals surface area (Å²) in [5, 5.41) is 3.21. The van der Waals surface area contributed by atoms with Gasteiger partial charge in [-0.05, 0) is 17.5 Å². The third-order valence-corrected chi connectivity index (χ3v) is 3.01. The summed E-state index contributed by atoms with van der Waals surface area (Å²) in [6.45, 7) is 0.187. The number of carbonyl (C=O) groups is 1. The molecule has 3 heteroatoms. The number of nitrogens with two attached hydrogens (primary N) is 1. The van der Waals surface area contributed by atoms with E-state index in [2.05, 4.69) is 29.6 Å². The highest BCUT2D eigenvalue weighted by molar-refractivity contribution is 5.75. The molecule has 0 aliphatic rings. The number of nitrogens with one attached hydrogen (secondary N) is 1. The molecule has 0 bridgehead atoms. The molecule has 0 spiro atoms. The zero-order chi connectivity index (χ0) is 13.5. The molecule has 0 unspecified atom stereocenters. The van der Waals surface area contributed by atoms with Crippen LogP contribution in [-0.2, 0) is 11.2 Å². The van der Waals surface area contributed by atoms with E-state index in [0.29, 0.717) is 0 Å². The Morgan fingerprint density at radius 3 is 2.16 bits per heavy atom. The van der Waals surface area contributed by atoms with E-state index in [1.54, 1.807) is 0 Å². The van der Waals surface area contributed by atoms with Crippen LogP contribution < -0.4 is 11.1 Å². The Bertz CT molecular complexity index is 511. The standard InChI is InChI=1S/C16H18N2O/c17-16(19)12-18-15(14-9-5-2-6-10-14)11-13-7-3-1-4-8-13/h1-10,15,18H,11-12H2,(H2,17,19)/t15-/m1/s1. The summed E-state index contributed by atoms with van der Waals surface area (Å²) < 4.78 is 0. The first-order valence-electron chi connectivity index (χ1n) is 6.36. The Morgan fingerprint density at radius 2 is 1.58 bits per heavy atom. The van der Waals surface area contributed by atoms with E-state index < -0.39 is 0 Å². The number of primary amides is 1. The fraction of sp³-hybridized carbons (Fsp3) is 0.188. The van der Waals surface area contributed by atoms with Gasteiger partial charge >= 0.3 is 0 Å². The molecule has 3 nitrogen and oxygen atoms in total. The summed E-state index contributed by atoms with van der Waals surface area (Å²) >= 11 is 0. The fourth-order valence-corrected chi connectivity index (χ4v) is 2.07. The van der Waals surface area contributed by atoms with E-state index in [-0.39, 0.29) is 18.5 Å². The molecule has 0 radical (unpaired) electrons. The summed E-state index contributed by atoms with van der Waals surface area (Å²) in [5.74, 6) is -0.339. The monoisotopic (exact) mass is 254 g/mol. The van der Waals surface area contributed by atoms with E-state index in [1.807, 2.05) is 36.4 Å². The number of rotatable bonds is 6. The summed E-state index contributed by atoms with van der Waals surface area (Å²) in [6.07, 6.45) is 0.831. The maximum atomic E-state index is 10.9. The van der Waals surface area contributed by atoms with Gasteiger partial charge in [-0.15, -0.1) is 0 Å². The second-order valence-electron chi connectivity index (χ2n) is 4.50. The van der Waals surface area contributed by atoms with Crippen LogP contribution in [0.3, 0.4) is 0 Å². The van der Waals surface area contributed by atoms with E-state index in [0.717, 1.165) is 12.0 Å². The molecule has 3 N–H and O–H groups in total. The molecule has 0 aromatic heterocycles. The lowest BCUT2D eigenvalue weighted by Crippen LogP contribution is -2.32.